The van der Waals surface area contributed by atoms with Crippen LogP contribution >= 0.6 is 11.8 Å². The number of amides is 1. The largest absolute Gasteiger partial charge is 0.355 e. The van der Waals surface area contributed by atoms with Gasteiger partial charge in [-0.05, 0) is 26.0 Å². The van der Waals surface area contributed by atoms with Gasteiger partial charge in [-0.2, -0.15) is 0 Å². The zero-order valence-corrected chi connectivity index (χ0v) is 15.0. The van der Waals surface area contributed by atoms with Gasteiger partial charge in [-0.3, -0.25) is 4.79 Å². The summed E-state index contributed by atoms with van der Waals surface area (Å²) in [5.41, 5.74) is 3.92. The van der Waals surface area contributed by atoms with Gasteiger partial charge in [0.1, 0.15) is 11.1 Å². The summed E-state index contributed by atoms with van der Waals surface area (Å²) >= 11 is 1.31. The first-order chi connectivity index (χ1) is 12.2. The fourth-order valence-corrected chi connectivity index (χ4v) is 4.91. The first-order valence-electron chi connectivity index (χ1n) is 8.51. The van der Waals surface area contributed by atoms with Gasteiger partial charge in [-0.1, -0.05) is 30.3 Å². The Morgan fingerprint density at radius 2 is 2.00 bits per heavy atom. The second-order valence-corrected chi connectivity index (χ2v) is 7.15. The topological polar surface area (TPSA) is 34.0 Å². The van der Waals surface area contributed by atoms with Crippen LogP contribution in [0.15, 0.2) is 47.4 Å². The summed E-state index contributed by atoms with van der Waals surface area (Å²) in [5, 5.41) is 3.53. The van der Waals surface area contributed by atoms with Crippen LogP contribution in [-0.2, 0) is 11.3 Å². The number of hydrogen-bond acceptors (Lipinski definition) is 2. The normalized spacial score (nSPS) is 15.7. The molecule has 3 aromatic rings. The standard InChI is InChI=1S/C20H19FN2OS/c1-3-22-20(24)19-16-12-8-5-6-11-15(12)23(4-2)17(16)13-9-7-10-14(21)18(13)25-19/h5-11,19H,3-4H2,1-2H3,(H,22,24). The summed E-state index contributed by atoms with van der Waals surface area (Å²) < 4.78 is 16.7. The zero-order valence-electron chi connectivity index (χ0n) is 14.2. The Morgan fingerprint density at radius 3 is 2.76 bits per heavy atom. The quantitative estimate of drug-likeness (QED) is 0.736. The van der Waals surface area contributed by atoms with Crippen molar-refractivity contribution in [3.8, 4) is 11.3 Å². The van der Waals surface area contributed by atoms with Crippen molar-refractivity contribution in [1.29, 1.82) is 0 Å². The SMILES string of the molecule is CCNC(=O)C1Sc2c(F)cccc2-c2c1c1ccccc1n2CC. The number of thioether (sulfide) groups is 1. The summed E-state index contributed by atoms with van der Waals surface area (Å²) in [4.78, 5) is 13.3. The Morgan fingerprint density at radius 1 is 1.20 bits per heavy atom. The van der Waals surface area contributed by atoms with Gasteiger partial charge in [-0.25, -0.2) is 4.39 Å². The molecule has 25 heavy (non-hydrogen) atoms. The van der Waals surface area contributed by atoms with Crippen LogP contribution in [-0.4, -0.2) is 17.0 Å². The lowest BCUT2D eigenvalue weighted by molar-refractivity contribution is -0.120. The molecular weight excluding hydrogens is 335 g/mol. The number of aromatic nitrogens is 1. The maximum Gasteiger partial charge on any atom is 0.238 e. The van der Waals surface area contributed by atoms with E-state index in [-0.39, 0.29) is 11.7 Å². The Balaban J connectivity index is 2.09. The number of rotatable bonds is 3. The predicted octanol–water partition coefficient (Wildman–Crippen LogP) is 4.75. The highest BCUT2D eigenvalue weighted by Crippen LogP contribution is 2.53. The predicted molar refractivity (Wildman–Crippen MR) is 100 cm³/mol. The first-order valence-corrected chi connectivity index (χ1v) is 9.39. The number of hydrogen-bond donors (Lipinski definition) is 1. The molecule has 0 saturated carbocycles. The molecule has 1 aromatic heterocycles. The molecule has 128 valence electrons. The minimum absolute atomic E-state index is 0.0679. The molecule has 0 fully saturated rings. The summed E-state index contributed by atoms with van der Waals surface area (Å²) in [5.74, 6) is -0.336. The van der Waals surface area contributed by atoms with Crippen molar-refractivity contribution in [2.75, 3.05) is 6.54 Å². The molecule has 5 heteroatoms. The highest BCUT2D eigenvalue weighted by molar-refractivity contribution is 8.00. The Bertz CT molecular complexity index is 979. The number of nitrogens with zero attached hydrogens (tertiary/aromatic N) is 1. The van der Waals surface area contributed by atoms with E-state index in [4.69, 9.17) is 0 Å². The van der Waals surface area contributed by atoms with Crippen molar-refractivity contribution < 1.29 is 9.18 Å². The molecule has 3 nitrogen and oxygen atoms in total. The summed E-state index contributed by atoms with van der Waals surface area (Å²) in [7, 11) is 0. The molecule has 0 spiro atoms. The van der Waals surface area contributed by atoms with Crippen LogP contribution < -0.4 is 5.32 Å². The van der Waals surface area contributed by atoms with Gasteiger partial charge in [-0.15, -0.1) is 11.8 Å². The van der Waals surface area contributed by atoms with Crippen LogP contribution in [0.25, 0.3) is 22.2 Å². The minimum atomic E-state index is -0.447. The second-order valence-electron chi connectivity index (χ2n) is 6.03. The number of carbonyl (C=O) groups excluding carboxylic acids is 1. The Labute approximate surface area is 150 Å². The van der Waals surface area contributed by atoms with Crippen molar-refractivity contribution in [1.82, 2.24) is 9.88 Å². The molecule has 0 aliphatic carbocycles. The summed E-state index contributed by atoms with van der Waals surface area (Å²) in [6.07, 6.45) is 0. The lowest BCUT2D eigenvalue weighted by Gasteiger charge is -2.26. The molecule has 0 bridgehead atoms. The summed E-state index contributed by atoms with van der Waals surface area (Å²) in [6, 6.07) is 13.3. The molecule has 0 radical (unpaired) electrons. The van der Waals surface area contributed by atoms with Crippen LogP contribution in [0.5, 0.6) is 0 Å². The number of aryl methyl sites for hydroxylation is 1. The van der Waals surface area contributed by atoms with Gasteiger partial charge in [0.15, 0.2) is 0 Å². The third kappa shape index (κ3) is 2.37. The van der Waals surface area contributed by atoms with Crippen LogP contribution in [0.1, 0.15) is 24.7 Å². The van der Waals surface area contributed by atoms with E-state index in [1.807, 2.05) is 25.1 Å². The zero-order chi connectivity index (χ0) is 17.6. The van der Waals surface area contributed by atoms with E-state index in [1.165, 1.54) is 17.8 Å². The van der Waals surface area contributed by atoms with Gasteiger partial charge < -0.3 is 9.88 Å². The second kappa shape index (κ2) is 6.23. The van der Waals surface area contributed by atoms with E-state index in [2.05, 4.69) is 28.9 Å². The molecule has 1 N–H and O–H groups in total. The van der Waals surface area contributed by atoms with Crippen LogP contribution in [0, 0.1) is 5.82 Å². The maximum absolute atomic E-state index is 14.5. The molecule has 4 rings (SSSR count). The fraction of sp³-hybridized carbons (Fsp3) is 0.250. The van der Waals surface area contributed by atoms with E-state index in [0.29, 0.717) is 11.4 Å². The first kappa shape index (κ1) is 16.2. The van der Waals surface area contributed by atoms with Gasteiger partial charge in [0.25, 0.3) is 0 Å². The van der Waals surface area contributed by atoms with E-state index >= 15 is 0 Å². The molecule has 1 amide bonds. The van der Waals surface area contributed by atoms with Crippen molar-refractivity contribution in [3.63, 3.8) is 0 Å². The fourth-order valence-electron chi connectivity index (χ4n) is 3.66. The number of fused-ring (bicyclic) bond motifs is 5. The number of carbonyl (C=O) groups is 1. The van der Waals surface area contributed by atoms with E-state index in [1.54, 1.807) is 6.07 Å². The molecule has 1 atom stereocenters. The van der Waals surface area contributed by atoms with E-state index in [9.17, 15) is 9.18 Å². The molecule has 2 aromatic carbocycles. The minimum Gasteiger partial charge on any atom is -0.355 e. The van der Waals surface area contributed by atoms with Crippen molar-refractivity contribution >= 4 is 28.6 Å². The molecular formula is C20H19FN2OS. The van der Waals surface area contributed by atoms with Gasteiger partial charge >= 0.3 is 0 Å². The van der Waals surface area contributed by atoms with Gasteiger partial charge in [0, 0.05) is 35.1 Å². The van der Waals surface area contributed by atoms with Crippen LogP contribution in [0.4, 0.5) is 4.39 Å². The highest BCUT2D eigenvalue weighted by Gasteiger charge is 2.36. The van der Waals surface area contributed by atoms with Crippen molar-refractivity contribution in [2.45, 2.75) is 30.5 Å². The number of nitrogens with one attached hydrogen (secondary N) is 1. The average molecular weight is 354 g/mol. The third-order valence-electron chi connectivity index (χ3n) is 4.64. The number of para-hydroxylation sites is 1. The lowest BCUT2D eigenvalue weighted by atomic mass is 10.0. The third-order valence-corrected chi connectivity index (χ3v) is 5.97. The van der Waals surface area contributed by atoms with Crippen molar-refractivity contribution in [2.24, 2.45) is 0 Å². The van der Waals surface area contributed by atoms with E-state index < -0.39 is 5.25 Å². The number of likely N-dealkylation sites (N-methyl/N-ethyl adjacent to an activating group) is 1. The van der Waals surface area contributed by atoms with E-state index in [0.717, 1.165) is 34.3 Å². The van der Waals surface area contributed by atoms with Gasteiger partial charge in [0.2, 0.25) is 5.91 Å². The molecule has 1 unspecified atom stereocenters. The summed E-state index contributed by atoms with van der Waals surface area (Å²) in [6.45, 7) is 5.30. The van der Waals surface area contributed by atoms with Crippen LogP contribution in [0.2, 0.25) is 0 Å². The molecule has 1 aliphatic rings. The maximum atomic E-state index is 14.5. The van der Waals surface area contributed by atoms with Crippen LogP contribution in [0.3, 0.4) is 0 Å². The van der Waals surface area contributed by atoms with Crippen molar-refractivity contribution in [3.05, 3.63) is 53.8 Å². The molecule has 1 aliphatic heterocycles. The average Bonchev–Trinajstić information content (AvgIpc) is 2.96. The number of benzene rings is 2. The van der Waals surface area contributed by atoms with Gasteiger partial charge in [0.05, 0.1) is 10.6 Å². The monoisotopic (exact) mass is 354 g/mol. The Hall–Kier alpha value is -2.27. The lowest BCUT2D eigenvalue weighted by Crippen LogP contribution is -2.29. The molecule has 2 heterocycles. The number of halogens is 1. The highest BCUT2D eigenvalue weighted by atomic mass is 32.2. The smallest absolute Gasteiger partial charge is 0.238 e. The Kier molecular flexibility index (Phi) is 4.04. The molecule has 0 saturated heterocycles.